The summed E-state index contributed by atoms with van der Waals surface area (Å²) >= 11 is 0. The summed E-state index contributed by atoms with van der Waals surface area (Å²) in [4.78, 5) is 6.53. The van der Waals surface area contributed by atoms with Crippen LogP contribution in [0.2, 0.25) is 0 Å². The largest absolute Gasteiger partial charge is 0.297 e. The van der Waals surface area contributed by atoms with E-state index in [2.05, 4.69) is 20.1 Å². The lowest BCUT2D eigenvalue weighted by Crippen LogP contribution is -2.35. The van der Waals surface area contributed by atoms with E-state index in [-0.39, 0.29) is 0 Å². The molecule has 0 bridgehead atoms. The van der Waals surface area contributed by atoms with Crippen LogP contribution < -0.4 is 0 Å². The van der Waals surface area contributed by atoms with Gasteiger partial charge in [0.2, 0.25) is 0 Å². The van der Waals surface area contributed by atoms with E-state index in [4.69, 9.17) is 0 Å². The maximum absolute atomic E-state index is 4.24. The summed E-state index contributed by atoms with van der Waals surface area (Å²) in [6.45, 7) is 4.14. The third kappa shape index (κ3) is 2.59. The number of rotatable bonds is 5. The molecular weight excluding hydrogens is 228 g/mol. The second kappa shape index (κ2) is 5.30. The molecule has 1 atom stereocenters. The van der Waals surface area contributed by atoms with Crippen LogP contribution in [0.5, 0.6) is 0 Å². The van der Waals surface area contributed by atoms with Crippen LogP contribution in [0.3, 0.4) is 0 Å². The van der Waals surface area contributed by atoms with Crippen molar-refractivity contribution in [2.45, 2.75) is 32.0 Å². The van der Waals surface area contributed by atoms with Gasteiger partial charge < -0.3 is 0 Å². The Balaban J connectivity index is 1.54. The first kappa shape index (κ1) is 11.4. The van der Waals surface area contributed by atoms with Crippen molar-refractivity contribution in [1.29, 1.82) is 0 Å². The van der Waals surface area contributed by atoms with Crippen molar-refractivity contribution in [3.8, 4) is 0 Å². The zero-order valence-electron chi connectivity index (χ0n) is 10.4. The quantitative estimate of drug-likeness (QED) is 0.777. The molecule has 1 fully saturated rings. The van der Waals surface area contributed by atoms with Crippen LogP contribution in [0.15, 0.2) is 31.1 Å². The van der Waals surface area contributed by atoms with E-state index in [1.165, 1.54) is 19.4 Å². The van der Waals surface area contributed by atoms with Gasteiger partial charge in [0.25, 0.3) is 0 Å². The number of hydrogen-bond donors (Lipinski definition) is 0. The van der Waals surface area contributed by atoms with Crippen LogP contribution in [0.1, 0.15) is 12.8 Å². The molecule has 18 heavy (non-hydrogen) atoms. The van der Waals surface area contributed by atoms with E-state index in [1.807, 2.05) is 27.8 Å². The van der Waals surface area contributed by atoms with Crippen LogP contribution in [0, 0.1) is 0 Å². The maximum Gasteiger partial charge on any atom is 0.137 e. The highest BCUT2D eigenvalue weighted by molar-refractivity contribution is 4.81. The van der Waals surface area contributed by atoms with E-state index >= 15 is 0 Å². The molecule has 0 radical (unpaired) electrons. The van der Waals surface area contributed by atoms with Gasteiger partial charge in [0.15, 0.2) is 0 Å². The van der Waals surface area contributed by atoms with E-state index < -0.39 is 0 Å². The molecule has 1 unspecified atom stereocenters. The molecule has 6 heteroatoms. The molecule has 1 aliphatic rings. The standard InChI is InChI=1S/C12H18N6/c1-3-12(9-18-11-13-10-15-18)16(5-1)7-8-17-6-2-4-14-17/h2,4,6,10-12H,1,3,5,7-9H2. The fourth-order valence-electron chi connectivity index (χ4n) is 2.60. The molecule has 1 aliphatic heterocycles. The molecule has 0 saturated carbocycles. The second-order valence-electron chi connectivity index (χ2n) is 4.72. The van der Waals surface area contributed by atoms with Crippen molar-refractivity contribution in [2.24, 2.45) is 0 Å². The summed E-state index contributed by atoms with van der Waals surface area (Å²) in [7, 11) is 0. The molecule has 3 heterocycles. The molecule has 1 saturated heterocycles. The smallest absolute Gasteiger partial charge is 0.137 e. The Morgan fingerprint density at radius 2 is 2.17 bits per heavy atom. The van der Waals surface area contributed by atoms with Gasteiger partial charge >= 0.3 is 0 Å². The van der Waals surface area contributed by atoms with Gasteiger partial charge in [0, 0.05) is 25.0 Å². The lowest BCUT2D eigenvalue weighted by Gasteiger charge is -2.24. The lowest BCUT2D eigenvalue weighted by atomic mass is 10.2. The van der Waals surface area contributed by atoms with Crippen LogP contribution in [0.4, 0.5) is 0 Å². The first-order valence-electron chi connectivity index (χ1n) is 6.46. The molecule has 2 aromatic rings. The van der Waals surface area contributed by atoms with Gasteiger partial charge in [-0.2, -0.15) is 10.2 Å². The van der Waals surface area contributed by atoms with Gasteiger partial charge in [0.05, 0.1) is 13.1 Å². The highest BCUT2D eigenvalue weighted by Gasteiger charge is 2.24. The summed E-state index contributed by atoms with van der Waals surface area (Å²) < 4.78 is 3.92. The summed E-state index contributed by atoms with van der Waals surface area (Å²) in [6.07, 6.45) is 9.77. The van der Waals surface area contributed by atoms with Gasteiger partial charge in [0.1, 0.15) is 12.7 Å². The summed E-state index contributed by atoms with van der Waals surface area (Å²) in [5, 5.41) is 8.43. The maximum atomic E-state index is 4.24. The Morgan fingerprint density at radius 1 is 1.17 bits per heavy atom. The normalized spacial score (nSPS) is 20.6. The van der Waals surface area contributed by atoms with Gasteiger partial charge in [-0.15, -0.1) is 0 Å². The summed E-state index contributed by atoms with van der Waals surface area (Å²) in [5.74, 6) is 0. The van der Waals surface area contributed by atoms with Crippen molar-refractivity contribution in [2.75, 3.05) is 13.1 Å². The minimum Gasteiger partial charge on any atom is -0.297 e. The van der Waals surface area contributed by atoms with Gasteiger partial charge in [-0.1, -0.05) is 0 Å². The van der Waals surface area contributed by atoms with Crippen molar-refractivity contribution in [3.63, 3.8) is 0 Å². The van der Waals surface area contributed by atoms with Crippen LogP contribution in [0.25, 0.3) is 0 Å². The molecule has 6 nitrogen and oxygen atoms in total. The van der Waals surface area contributed by atoms with Crippen LogP contribution >= 0.6 is 0 Å². The highest BCUT2D eigenvalue weighted by Crippen LogP contribution is 2.18. The zero-order valence-corrected chi connectivity index (χ0v) is 10.4. The van der Waals surface area contributed by atoms with Gasteiger partial charge in [-0.05, 0) is 25.5 Å². The van der Waals surface area contributed by atoms with E-state index in [0.29, 0.717) is 6.04 Å². The van der Waals surface area contributed by atoms with E-state index in [0.717, 1.165) is 19.6 Å². The fourth-order valence-corrected chi connectivity index (χ4v) is 2.60. The van der Waals surface area contributed by atoms with Crippen molar-refractivity contribution in [3.05, 3.63) is 31.1 Å². The molecule has 0 aliphatic carbocycles. The first-order valence-corrected chi connectivity index (χ1v) is 6.46. The Kier molecular flexibility index (Phi) is 3.36. The molecule has 0 spiro atoms. The Bertz CT molecular complexity index is 449. The number of aromatic nitrogens is 5. The van der Waals surface area contributed by atoms with Crippen molar-refractivity contribution >= 4 is 0 Å². The molecular formula is C12H18N6. The average molecular weight is 246 g/mol. The SMILES string of the molecule is c1cnn(CCN2CCCC2Cn2cncn2)c1. The van der Waals surface area contributed by atoms with Gasteiger partial charge in [-0.25, -0.2) is 4.98 Å². The zero-order chi connectivity index (χ0) is 12.2. The second-order valence-corrected chi connectivity index (χ2v) is 4.72. The molecule has 0 aromatic carbocycles. The highest BCUT2D eigenvalue weighted by atomic mass is 15.3. The molecule has 96 valence electrons. The Hall–Kier alpha value is -1.69. The topological polar surface area (TPSA) is 51.8 Å². The minimum atomic E-state index is 0.585. The van der Waals surface area contributed by atoms with Crippen LogP contribution in [-0.4, -0.2) is 48.6 Å². The third-order valence-corrected chi connectivity index (χ3v) is 3.54. The first-order chi connectivity index (χ1) is 8.92. The van der Waals surface area contributed by atoms with Crippen molar-refractivity contribution < 1.29 is 0 Å². The molecule has 3 rings (SSSR count). The average Bonchev–Trinajstić information content (AvgIpc) is 3.10. The number of nitrogens with zero attached hydrogens (tertiary/aromatic N) is 6. The Labute approximate surface area is 106 Å². The number of likely N-dealkylation sites (tertiary alicyclic amines) is 1. The molecule has 2 aromatic heterocycles. The number of hydrogen-bond acceptors (Lipinski definition) is 4. The van der Waals surface area contributed by atoms with E-state index in [9.17, 15) is 0 Å². The van der Waals surface area contributed by atoms with Gasteiger partial charge in [-0.3, -0.25) is 14.3 Å². The Morgan fingerprint density at radius 3 is 2.94 bits per heavy atom. The molecule has 0 N–H and O–H groups in total. The summed E-state index contributed by atoms with van der Waals surface area (Å²) in [6, 6.07) is 2.55. The van der Waals surface area contributed by atoms with Crippen molar-refractivity contribution in [1.82, 2.24) is 29.4 Å². The monoisotopic (exact) mass is 246 g/mol. The minimum absolute atomic E-state index is 0.585. The predicted molar refractivity (Wildman–Crippen MR) is 66.8 cm³/mol. The fraction of sp³-hybridized carbons (Fsp3) is 0.583. The predicted octanol–water partition coefficient (Wildman–Crippen LogP) is 0.639. The van der Waals surface area contributed by atoms with E-state index in [1.54, 1.807) is 12.7 Å². The third-order valence-electron chi connectivity index (χ3n) is 3.54. The molecule has 0 amide bonds. The summed E-state index contributed by atoms with van der Waals surface area (Å²) in [5.41, 5.74) is 0. The van der Waals surface area contributed by atoms with Crippen LogP contribution in [-0.2, 0) is 13.1 Å². The lowest BCUT2D eigenvalue weighted by molar-refractivity contribution is 0.216.